The number of aromatic nitrogens is 6. The molecule has 7 N–H and O–H groups in total. The van der Waals surface area contributed by atoms with Crippen molar-refractivity contribution in [3.63, 3.8) is 0 Å². The summed E-state index contributed by atoms with van der Waals surface area (Å²) in [5, 5.41) is 25.6. The van der Waals surface area contributed by atoms with Crippen LogP contribution in [0.25, 0.3) is 0 Å². The third-order valence-corrected chi connectivity index (χ3v) is 19.4. The molecule has 2 saturated heterocycles. The van der Waals surface area contributed by atoms with Crippen molar-refractivity contribution in [2.45, 2.75) is 104 Å². The third kappa shape index (κ3) is 19.7. The maximum absolute atomic E-state index is 12.5. The highest BCUT2D eigenvalue weighted by Gasteiger charge is 2.32. The zero-order chi connectivity index (χ0) is 78.0. The summed E-state index contributed by atoms with van der Waals surface area (Å²) in [6.07, 6.45) is 15.0. The quantitative estimate of drug-likeness (QED) is 0.0512. The zero-order valence-electron chi connectivity index (χ0n) is 63.3. The van der Waals surface area contributed by atoms with Crippen molar-refractivity contribution < 1.29 is 28.7 Å². The molecule has 0 saturated carbocycles. The second kappa shape index (κ2) is 34.3. The number of amidine groups is 1. The van der Waals surface area contributed by atoms with Crippen LogP contribution in [-0.4, -0.2) is 155 Å². The van der Waals surface area contributed by atoms with Gasteiger partial charge in [-0.1, -0.05) is 95.5 Å². The van der Waals surface area contributed by atoms with Crippen LogP contribution in [0.1, 0.15) is 105 Å². The highest BCUT2D eigenvalue weighted by atomic mass is 35.5. The van der Waals surface area contributed by atoms with Gasteiger partial charge in [0.25, 0.3) is 11.8 Å². The van der Waals surface area contributed by atoms with Crippen LogP contribution < -0.4 is 56.4 Å². The predicted molar refractivity (Wildman–Crippen MR) is 437 cm³/mol. The van der Waals surface area contributed by atoms with Crippen LogP contribution in [0.2, 0.25) is 15.5 Å². The number of fused-ring (bicyclic) bond motifs is 8. The number of hydrogen-bond donors (Lipinski definition) is 6. The molecule has 9 aromatic rings. The minimum Gasteiger partial charge on any atom is -0.444 e. The van der Waals surface area contributed by atoms with E-state index in [2.05, 4.69) is 144 Å². The van der Waals surface area contributed by atoms with E-state index in [0.29, 0.717) is 64.5 Å². The van der Waals surface area contributed by atoms with Crippen LogP contribution >= 0.6 is 34.8 Å². The van der Waals surface area contributed by atoms with Gasteiger partial charge in [-0.2, -0.15) is 5.10 Å². The SMILES string of the molecule is CC(C)(C)OC(=O)N1CCC(N/C=C\C(=N)N)CC1.CN1C(=O)c2ccccc2N(C)c2cc(Cl)ncc21.CN1Cc2ccccc2N(C)c2cc(Cl)ncc21.CN1Cc2ccccc2N(C)c2cc(Nc3ccn(C4CCN(C(=O)OC(C)(C)C)CC4)n3)ncc21.O=C1Nc2cnc(Cl)cc2Nc2ccccc21. The van der Waals surface area contributed by atoms with Crippen molar-refractivity contribution in [2.75, 3.05) is 114 Å². The minimum atomic E-state index is -0.478. The number of benzene rings is 4. The second-order valence-electron chi connectivity index (χ2n) is 29.0. The number of likely N-dealkylation sites (tertiary alicyclic amines) is 2. The summed E-state index contributed by atoms with van der Waals surface area (Å²) >= 11 is 17.8. The van der Waals surface area contributed by atoms with Crippen LogP contribution in [-0.2, 0) is 22.6 Å². The minimum absolute atomic E-state index is 0.0266. The van der Waals surface area contributed by atoms with E-state index in [4.69, 9.17) is 60.5 Å². The lowest BCUT2D eigenvalue weighted by Crippen LogP contribution is -2.45. The molecule has 109 heavy (non-hydrogen) atoms. The number of halogens is 3. The van der Waals surface area contributed by atoms with Gasteiger partial charge in [0.2, 0.25) is 0 Å². The van der Waals surface area contributed by atoms with E-state index in [9.17, 15) is 19.2 Å². The first kappa shape index (κ1) is 78.7. The Morgan fingerprint density at radius 1 is 0.523 bits per heavy atom. The smallest absolute Gasteiger partial charge is 0.410 e. The molecule has 0 radical (unpaired) electrons. The number of piperidine rings is 2. The normalized spacial score (nSPS) is 15.2. The summed E-state index contributed by atoms with van der Waals surface area (Å²) in [4.78, 5) is 81.4. The van der Waals surface area contributed by atoms with Crippen LogP contribution in [0.3, 0.4) is 0 Å². The molecule has 11 heterocycles. The number of nitrogens with zero attached hydrogens (tertiary/aromatic N) is 14. The summed E-state index contributed by atoms with van der Waals surface area (Å²) < 4.78 is 12.8. The van der Waals surface area contributed by atoms with Crippen molar-refractivity contribution in [3.05, 3.63) is 208 Å². The molecule has 570 valence electrons. The molecule has 15 rings (SSSR count). The number of hydrogen-bond acceptors (Lipinski definition) is 20. The van der Waals surface area contributed by atoms with E-state index in [-0.39, 0.29) is 35.9 Å². The number of nitrogens with one attached hydrogen (secondary N) is 5. The average molecular weight is 1540 g/mol. The highest BCUT2D eigenvalue weighted by molar-refractivity contribution is 6.30. The number of anilines is 14. The van der Waals surface area contributed by atoms with Crippen LogP contribution in [0.15, 0.2) is 171 Å². The molecule has 0 atom stereocenters. The van der Waals surface area contributed by atoms with Gasteiger partial charge in [0, 0.05) is 142 Å². The van der Waals surface area contributed by atoms with Gasteiger partial charge in [-0.15, -0.1) is 0 Å². The van der Waals surface area contributed by atoms with Gasteiger partial charge in [-0.05, 0) is 121 Å². The Morgan fingerprint density at radius 3 is 1.58 bits per heavy atom. The number of carbonyl (C=O) groups is 4. The fourth-order valence-electron chi connectivity index (χ4n) is 13.2. The Morgan fingerprint density at radius 2 is 1.00 bits per heavy atom. The first-order chi connectivity index (χ1) is 51.9. The van der Waals surface area contributed by atoms with Gasteiger partial charge < -0.3 is 75.7 Å². The number of para-hydroxylation sites is 4. The lowest BCUT2D eigenvalue weighted by Gasteiger charge is -2.33. The van der Waals surface area contributed by atoms with Crippen molar-refractivity contribution in [2.24, 2.45) is 5.73 Å². The van der Waals surface area contributed by atoms with E-state index >= 15 is 0 Å². The molecular formula is C80H93Cl3N20O6. The van der Waals surface area contributed by atoms with Crippen LogP contribution in [0.5, 0.6) is 0 Å². The molecule has 4 aromatic carbocycles. The Bertz CT molecular complexity index is 4820. The lowest BCUT2D eigenvalue weighted by atomic mass is 10.1. The van der Waals surface area contributed by atoms with Gasteiger partial charge in [0.05, 0.1) is 98.8 Å². The lowest BCUT2D eigenvalue weighted by molar-refractivity contribution is 0.0179. The second-order valence-corrected chi connectivity index (χ2v) is 30.1. The number of rotatable bonds is 6. The van der Waals surface area contributed by atoms with E-state index in [1.807, 2.05) is 131 Å². The van der Waals surface area contributed by atoms with Gasteiger partial charge in [-0.3, -0.25) is 19.7 Å². The van der Waals surface area contributed by atoms with Crippen molar-refractivity contribution in [3.8, 4) is 0 Å². The Balaban J connectivity index is 0.000000141. The molecule has 29 heteroatoms. The van der Waals surface area contributed by atoms with Crippen LogP contribution in [0.4, 0.5) is 89.5 Å². The molecule has 6 aliphatic rings. The van der Waals surface area contributed by atoms with Crippen molar-refractivity contribution in [1.29, 1.82) is 5.41 Å². The first-order valence-electron chi connectivity index (χ1n) is 35.8. The van der Waals surface area contributed by atoms with Crippen LogP contribution in [0, 0.1) is 5.41 Å². The summed E-state index contributed by atoms with van der Waals surface area (Å²) in [6, 6.07) is 41.7. The molecule has 0 spiro atoms. The number of nitrogens with two attached hydrogens (primary N) is 1. The maximum Gasteiger partial charge on any atom is 0.410 e. The molecule has 2 fully saturated rings. The summed E-state index contributed by atoms with van der Waals surface area (Å²) in [5.41, 5.74) is 19.5. The maximum atomic E-state index is 12.5. The fraction of sp³-hybridized carbons (Fsp3) is 0.325. The molecule has 0 unspecified atom stereocenters. The van der Waals surface area contributed by atoms with Crippen molar-refractivity contribution in [1.82, 2.24) is 44.8 Å². The van der Waals surface area contributed by atoms with Gasteiger partial charge in [0.15, 0.2) is 5.82 Å². The number of amides is 4. The molecule has 0 bridgehead atoms. The Labute approximate surface area is 651 Å². The molecular weight excluding hydrogens is 1440 g/mol. The van der Waals surface area contributed by atoms with Gasteiger partial charge in [-0.25, -0.2) is 29.5 Å². The largest absolute Gasteiger partial charge is 0.444 e. The summed E-state index contributed by atoms with van der Waals surface area (Å²) in [7, 11) is 12.0. The Kier molecular flexibility index (Phi) is 24.7. The van der Waals surface area contributed by atoms with E-state index in [0.717, 1.165) is 102 Å². The molecule has 0 aliphatic carbocycles. The molecule has 26 nitrogen and oxygen atoms in total. The molecule has 4 amide bonds. The topological polar surface area (TPSA) is 280 Å². The predicted octanol–water partition coefficient (Wildman–Crippen LogP) is 16.3. The molecule has 5 aromatic heterocycles. The monoisotopic (exact) mass is 1530 g/mol. The standard InChI is InChI=1S/C27H35N7O2.C14H12ClN3O.C14H14ClN3.C13H24N4O2.C12H8ClN3O/c1-27(2,3)36-26(35)33-13-10-20(11-14-33)34-15-12-24(30-34)29-25-16-22-23(17-28-25)31(4)18-19-8-6-7-9-21(19)32(22)5;1-17-10-6-4-3-5-9(10)14(19)18(2)12-8-16-13(15)7-11(12)17;1-17-9-10-5-3-4-6-11(10)18(2)12-7-14(15)16-8-13(12)17;1-13(2,3)19-12(18)17-8-5-10(6-9-17)16-7-4-11(14)15;13-11-5-9-10(6-14-11)16-12(17)7-3-1-2-4-8(7)15-9/h6-9,12,15-17,20H,10-11,13-14,18H2,1-5H3,(H,28,29,30);3-8H,1-2H3;3-8H,9H2,1-2H3;4,7,10,16H,5-6,8-9H2,1-3H3,(H3,14,15);1-6,15H,(H,16,17)/b;;;7-4-;. The van der Waals surface area contributed by atoms with Gasteiger partial charge in [0.1, 0.15) is 38.3 Å². The zero-order valence-corrected chi connectivity index (χ0v) is 65.6. The summed E-state index contributed by atoms with van der Waals surface area (Å²) in [5.74, 6) is 1.32. The Hall–Kier alpha value is -11.4. The van der Waals surface area contributed by atoms with Gasteiger partial charge >= 0.3 is 12.2 Å². The molecule has 6 aliphatic heterocycles. The number of carbonyl (C=O) groups excluding carboxylic acids is 4. The summed E-state index contributed by atoms with van der Waals surface area (Å²) in [6.45, 7) is 15.7. The van der Waals surface area contributed by atoms with E-state index < -0.39 is 11.2 Å². The average Bonchev–Trinajstić information content (AvgIpc) is 1.65. The van der Waals surface area contributed by atoms with E-state index in [1.165, 1.54) is 34.8 Å². The highest BCUT2D eigenvalue weighted by Crippen LogP contribution is 2.43. The van der Waals surface area contributed by atoms with E-state index in [1.54, 1.807) is 52.3 Å². The third-order valence-electron chi connectivity index (χ3n) is 18.8. The van der Waals surface area contributed by atoms with Crippen molar-refractivity contribution >= 4 is 145 Å². The number of pyridine rings is 4. The number of ether oxygens (including phenoxy) is 2. The first-order valence-corrected chi connectivity index (χ1v) is 36.9. The fourth-order valence-corrected chi connectivity index (χ4v) is 13.7.